The third kappa shape index (κ3) is 2.18. The molecule has 88 valence electrons. The van der Waals surface area contributed by atoms with E-state index < -0.39 is 5.79 Å². The van der Waals surface area contributed by atoms with Crippen molar-refractivity contribution in [3.63, 3.8) is 0 Å². The van der Waals surface area contributed by atoms with Crippen LogP contribution in [0.25, 0.3) is 0 Å². The lowest BCUT2D eigenvalue weighted by Gasteiger charge is -2.20. The molecular weight excluding hydrogens is 208 g/mol. The van der Waals surface area contributed by atoms with Gasteiger partial charge < -0.3 is 14.2 Å². The summed E-state index contributed by atoms with van der Waals surface area (Å²) in [5, 5.41) is 0. The smallest absolute Gasteiger partial charge is 0.309 e. The molecule has 0 aromatic heterocycles. The summed E-state index contributed by atoms with van der Waals surface area (Å²) in [5.41, 5.74) is 0.907. The molecule has 0 radical (unpaired) electrons. The second-order valence-electron chi connectivity index (χ2n) is 4.40. The minimum absolute atomic E-state index is 0.0975. The fourth-order valence-corrected chi connectivity index (χ4v) is 2.00. The maximum absolute atomic E-state index is 11.2. The first-order valence-electron chi connectivity index (χ1n) is 5.31. The number of carbonyl (C=O) groups is 1. The maximum atomic E-state index is 11.2. The van der Waals surface area contributed by atoms with Gasteiger partial charge >= 0.3 is 5.97 Å². The van der Waals surface area contributed by atoms with Crippen LogP contribution in [-0.4, -0.2) is 31.1 Å². The zero-order valence-electron chi connectivity index (χ0n) is 9.73. The van der Waals surface area contributed by atoms with Gasteiger partial charge in [-0.1, -0.05) is 18.2 Å². The third-order valence-corrected chi connectivity index (χ3v) is 2.68. The average molecular weight is 224 g/mol. The topological polar surface area (TPSA) is 44.8 Å². The van der Waals surface area contributed by atoms with Gasteiger partial charge in [-0.05, 0) is 19.4 Å². The SMILES string of the molecule is COC(=O)CC1=CC=CC2OC(C)(C)OC12. The number of hydrogen-bond donors (Lipinski definition) is 0. The molecule has 0 aromatic carbocycles. The second-order valence-corrected chi connectivity index (χ2v) is 4.40. The summed E-state index contributed by atoms with van der Waals surface area (Å²) in [6.45, 7) is 3.74. The minimum atomic E-state index is -0.598. The van der Waals surface area contributed by atoms with Gasteiger partial charge in [0.25, 0.3) is 0 Å². The molecule has 2 atom stereocenters. The molecule has 2 rings (SSSR count). The van der Waals surface area contributed by atoms with Gasteiger partial charge in [-0.15, -0.1) is 0 Å². The fraction of sp³-hybridized carbons (Fsp3) is 0.583. The molecule has 0 aromatic rings. The Labute approximate surface area is 94.9 Å². The molecule has 1 heterocycles. The van der Waals surface area contributed by atoms with Gasteiger partial charge in [-0.3, -0.25) is 4.79 Å². The number of ether oxygens (including phenoxy) is 3. The molecule has 0 N–H and O–H groups in total. The van der Waals surface area contributed by atoms with Crippen molar-refractivity contribution in [2.45, 2.75) is 38.3 Å². The van der Waals surface area contributed by atoms with Crippen molar-refractivity contribution in [1.29, 1.82) is 0 Å². The number of hydrogen-bond acceptors (Lipinski definition) is 4. The summed E-state index contributed by atoms with van der Waals surface area (Å²) in [5.74, 6) is -0.854. The van der Waals surface area contributed by atoms with E-state index in [1.54, 1.807) is 0 Å². The van der Waals surface area contributed by atoms with Crippen molar-refractivity contribution < 1.29 is 19.0 Å². The highest BCUT2D eigenvalue weighted by molar-refractivity contribution is 5.73. The van der Waals surface area contributed by atoms with E-state index in [1.165, 1.54) is 7.11 Å². The summed E-state index contributed by atoms with van der Waals surface area (Å²) in [7, 11) is 1.38. The van der Waals surface area contributed by atoms with E-state index in [4.69, 9.17) is 9.47 Å². The van der Waals surface area contributed by atoms with Crippen LogP contribution in [0.2, 0.25) is 0 Å². The number of rotatable bonds is 2. The van der Waals surface area contributed by atoms with E-state index >= 15 is 0 Å². The van der Waals surface area contributed by atoms with E-state index in [1.807, 2.05) is 32.1 Å². The van der Waals surface area contributed by atoms with Crippen molar-refractivity contribution in [3.05, 3.63) is 23.8 Å². The van der Waals surface area contributed by atoms with Crippen LogP contribution in [0.4, 0.5) is 0 Å². The average Bonchev–Trinajstić information content (AvgIpc) is 2.53. The molecule has 1 aliphatic carbocycles. The highest BCUT2D eigenvalue weighted by atomic mass is 16.7. The quantitative estimate of drug-likeness (QED) is 0.668. The van der Waals surface area contributed by atoms with Gasteiger partial charge in [0.15, 0.2) is 5.79 Å². The normalized spacial score (nSPS) is 30.8. The van der Waals surface area contributed by atoms with E-state index in [9.17, 15) is 4.79 Å². The van der Waals surface area contributed by atoms with Gasteiger partial charge in [0, 0.05) is 0 Å². The monoisotopic (exact) mass is 224 g/mol. The molecule has 1 saturated heterocycles. The van der Waals surface area contributed by atoms with E-state index in [0.29, 0.717) is 0 Å². The van der Waals surface area contributed by atoms with Crippen LogP contribution in [-0.2, 0) is 19.0 Å². The van der Waals surface area contributed by atoms with Crippen LogP contribution in [0.3, 0.4) is 0 Å². The third-order valence-electron chi connectivity index (χ3n) is 2.68. The van der Waals surface area contributed by atoms with Crippen molar-refractivity contribution in [2.24, 2.45) is 0 Å². The van der Waals surface area contributed by atoms with Gasteiger partial charge in [0.2, 0.25) is 0 Å². The second kappa shape index (κ2) is 4.03. The minimum Gasteiger partial charge on any atom is -0.469 e. The lowest BCUT2D eigenvalue weighted by atomic mass is 9.97. The molecule has 4 nitrogen and oxygen atoms in total. The molecule has 0 bridgehead atoms. The summed E-state index contributed by atoms with van der Waals surface area (Å²) in [4.78, 5) is 11.2. The zero-order chi connectivity index (χ0) is 11.8. The van der Waals surface area contributed by atoms with Crippen LogP contribution in [0.5, 0.6) is 0 Å². The molecule has 2 unspecified atom stereocenters. The Hall–Kier alpha value is -1.13. The van der Waals surface area contributed by atoms with Gasteiger partial charge in [-0.2, -0.15) is 0 Å². The van der Waals surface area contributed by atoms with Crippen molar-refractivity contribution in [1.82, 2.24) is 0 Å². The summed E-state index contributed by atoms with van der Waals surface area (Å²) in [6, 6.07) is 0. The summed E-state index contributed by atoms with van der Waals surface area (Å²) in [6.07, 6.45) is 5.72. The Balaban J connectivity index is 2.12. The number of esters is 1. The maximum Gasteiger partial charge on any atom is 0.309 e. The molecule has 0 spiro atoms. The molecular formula is C12H16O4. The molecule has 2 aliphatic rings. The molecule has 1 aliphatic heterocycles. The Morgan fingerprint density at radius 3 is 2.94 bits per heavy atom. The zero-order valence-corrected chi connectivity index (χ0v) is 9.73. The molecule has 4 heteroatoms. The first-order valence-corrected chi connectivity index (χ1v) is 5.31. The van der Waals surface area contributed by atoms with Crippen LogP contribution in [0.15, 0.2) is 23.8 Å². The number of carbonyl (C=O) groups excluding carboxylic acids is 1. The van der Waals surface area contributed by atoms with Gasteiger partial charge in [0.1, 0.15) is 12.2 Å². The molecule has 16 heavy (non-hydrogen) atoms. The largest absolute Gasteiger partial charge is 0.469 e. The van der Waals surface area contributed by atoms with Gasteiger partial charge in [-0.25, -0.2) is 0 Å². The fourth-order valence-electron chi connectivity index (χ4n) is 2.00. The van der Waals surface area contributed by atoms with E-state index in [0.717, 1.165) is 5.57 Å². The predicted octanol–water partition coefficient (Wildman–Crippen LogP) is 1.57. The first-order chi connectivity index (χ1) is 7.52. The van der Waals surface area contributed by atoms with Crippen LogP contribution in [0, 0.1) is 0 Å². The number of allylic oxidation sites excluding steroid dienone is 2. The first kappa shape index (κ1) is 11.4. The van der Waals surface area contributed by atoms with Gasteiger partial charge in [0.05, 0.1) is 13.5 Å². The summed E-state index contributed by atoms with van der Waals surface area (Å²) < 4.78 is 16.1. The number of methoxy groups -OCH3 is 1. The van der Waals surface area contributed by atoms with Crippen LogP contribution >= 0.6 is 0 Å². The Kier molecular flexibility index (Phi) is 2.86. The standard InChI is InChI=1S/C12H16O4/c1-12(2)15-9-6-4-5-8(11(9)16-12)7-10(13)14-3/h4-6,9,11H,7H2,1-3H3. The molecule has 1 fully saturated rings. The Morgan fingerprint density at radius 2 is 2.25 bits per heavy atom. The van der Waals surface area contributed by atoms with Crippen molar-refractivity contribution in [3.8, 4) is 0 Å². The molecule has 0 saturated carbocycles. The lowest BCUT2D eigenvalue weighted by Crippen LogP contribution is -2.26. The summed E-state index contributed by atoms with van der Waals surface area (Å²) >= 11 is 0. The van der Waals surface area contributed by atoms with Crippen LogP contribution in [0.1, 0.15) is 20.3 Å². The van der Waals surface area contributed by atoms with Crippen molar-refractivity contribution >= 4 is 5.97 Å². The highest BCUT2D eigenvalue weighted by Crippen LogP contribution is 2.35. The Morgan fingerprint density at radius 1 is 1.50 bits per heavy atom. The lowest BCUT2D eigenvalue weighted by molar-refractivity contribution is -0.144. The van der Waals surface area contributed by atoms with Crippen LogP contribution < -0.4 is 0 Å². The van der Waals surface area contributed by atoms with Crippen molar-refractivity contribution in [2.75, 3.05) is 7.11 Å². The van der Waals surface area contributed by atoms with E-state index in [-0.39, 0.29) is 24.6 Å². The van der Waals surface area contributed by atoms with E-state index in [2.05, 4.69) is 4.74 Å². The molecule has 0 amide bonds. The Bertz CT molecular complexity index is 354. The number of fused-ring (bicyclic) bond motifs is 1. The highest BCUT2D eigenvalue weighted by Gasteiger charge is 2.42. The predicted molar refractivity (Wildman–Crippen MR) is 57.7 cm³/mol.